The molecule has 8 heteroatoms. The third kappa shape index (κ3) is 10.8. The first-order valence-electron chi connectivity index (χ1n) is 4.41. The van der Waals surface area contributed by atoms with E-state index in [0.29, 0.717) is 6.42 Å². The monoisotopic (exact) mass is 264 g/mol. The average molecular weight is 264 g/mol. The molecular formula is C9H12O7S. The third-order valence-corrected chi connectivity index (χ3v) is 1.75. The van der Waals surface area contributed by atoms with Gasteiger partial charge in [0.05, 0.1) is 0 Å². The van der Waals surface area contributed by atoms with E-state index in [-0.39, 0.29) is 6.42 Å². The molecule has 0 aliphatic carbocycles. The number of aliphatic carboxylic acids is 1. The number of hydrogen-bond donors (Lipinski definition) is 3. The minimum absolute atomic E-state index is 0.212. The van der Waals surface area contributed by atoms with Crippen molar-refractivity contribution < 1.29 is 32.5 Å². The summed E-state index contributed by atoms with van der Waals surface area (Å²) in [5.41, 5.74) is 1.08. The minimum atomic E-state index is -4.61. The quantitative estimate of drug-likeness (QED) is 0.421. The summed E-state index contributed by atoms with van der Waals surface area (Å²) in [6.07, 6.45) is 0.834. The molecule has 0 aliphatic heterocycles. The van der Waals surface area contributed by atoms with Gasteiger partial charge in [-0.25, -0.2) is 5.26 Å². The normalized spacial score (nSPS) is 10.2. The van der Waals surface area contributed by atoms with Gasteiger partial charge in [0.15, 0.2) is 0 Å². The minimum Gasteiger partial charge on any atom is -0.481 e. The first-order chi connectivity index (χ1) is 7.85. The number of hydrogen-bond acceptors (Lipinski definition) is 5. The van der Waals surface area contributed by atoms with Crippen molar-refractivity contribution in [2.45, 2.75) is 12.8 Å². The third-order valence-electron chi connectivity index (χ3n) is 1.56. The Morgan fingerprint density at radius 2 is 1.71 bits per heavy atom. The summed E-state index contributed by atoms with van der Waals surface area (Å²) in [5, 5.41) is 15.4. The zero-order valence-electron chi connectivity index (χ0n) is 8.68. The van der Waals surface area contributed by atoms with Crippen molar-refractivity contribution in [3.63, 3.8) is 0 Å². The van der Waals surface area contributed by atoms with Gasteiger partial charge >= 0.3 is 16.4 Å². The van der Waals surface area contributed by atoms with Gasteiger partial charge in [0.2, 0.25) is 0 Å². The molecule has 0 radical (unpaired) electrons. The lowest BCUT2D eigenvalue weighted by Gasteiger charge is -1.95. The van der Waals surface area contributed by atoms with Gasteiger partial charge in [-0.2, -0.15) is 8.42 Å². The number of carbonyl (C=O) groups is 1. The summed E-state index contributed by atoms with van der Waals surface area (Å²) in [4.78, 5) is 10.2. The van der Waals surface area contributed by atoms with Crippen LogP contribution in [0, 0.1) is 0 Å². The molecule has 1 aromatic rings. The van der Waals surface area contributed by atoms with E-state index in [1.807, 2.05) is 30.3 Å². The maximum atomic E-state index is 10.2. The molecule has 0 amide bonds. The Morgan fingerprint density at radius 1 is 1.24 bits per heavy atom. The van der Waals surface area contributed by atoms with E-state index in [0.717, 1.165) is 5.56 Å². The molecule has 0 saturated heterocycles. The van der Waals surface area contributed by atoms with Crippen molar-refractivity contribution in [1.82, 2.24) is 0 Å². The van der Waals surface area contributed by atoms with Crippen LogP contribution in [0.1, 0.15) is 12.0 Å². The first kappa shape index (κ1) is 15.5. The van der Waals surface area contributed by atoms with Crippen LogP contribution in [0.2, 0.25) is 0 Å². The van der Waals surface area contributed by atoms with Gasteiger partial charge in [-0.3, -0.25) is 9.35 Å². The second-order valence-electron chi connectivity index (χ2n) is 2.88. The Hall–Kier alpha value is -1.48. The predicted octanol–water partition coefficient (Wildman–Crippen LogP) is 0.983. The largest absolute Gasteiger partial charge is 0.481 e. The van der Waals surface area contributed by atoms with Crippen LogP contribution in [0.25, 0.3) is 0 Å². The molecule has 1 aromatic carbocycles. The van der Waals surface area contributed by atoms with E-state index in [9.17, 15) is 4.79 Å². The van der Waals surface area contributed by atoms with Gasteiger partial charge in [-0.15, -0.1) is 0 Å². The second-order valence-corrected chi connectivity index (χ2v) is 3.89. The van der Waals surface area contributed by atoms with Crippen LogP contribution in [0.15, 0.2) is 30.3 Å². The molecule has 7 nitrogen and oxygen atoms in total. The Balaban J connectivity index is 0.000000366. The van der Waals surface area contributed by atoms with E-state index in [4.69, 9.17) is 23.3 Å². The Bertz CT molecular complexity index is 426. The highest BCUT2D eigenvalue weighted by Crippen LogP contribution is 2.01. The van der Waals surface area contributed by atoms with Crippen LogP contribution in [0.4, 0.5) is 0 Å². The molecule has 0 heterocycles. The van der Waals surface area contributed by atoms with Gasteiger partial charge in [0, 0.05) is 6.42 Å². The molecule has 96 valence electrons. The van der Waals surface area contributed by atoms with Crippen molar-refractivity contribution in [3.05, 3.63) is 35.9 Å². The molecule has 3 N–H and O–H groups in total. The molecule has 0 spiro atoms. The van der Waals surface area contributed by atoms with Crippen molar-refractivity contribution >= 4 is 16.4 Å². The molecule has 0 fully saturated rings. The summed E-state index contributed by atoms with van der Waals surface area (Å²) in [6, 6.07) is 9.62. The van der Waals surface area contributed by atoms with Crippen LogP contribution in [-0.4, -0.2) is 29.3 Å². The fraction of sp³-hybridized carbons (Fsp3) is 0.222. The maximum Gasteiger partial charge on any atom is 0.423 e. The topological polar surface area (TPSA) is 121 Å². The van der Waals surface area contributed by atoms with Crippen LogP contribution in [0.3, 0.4) is 0 Å². The Kier molecular flexibility index (Phi) is 7.06. The van der Waals surface area contributed by atoms with E-state index in [1.54, 1.807) is 0 Å². The average Bonchev–Trinajstić information content (AvgIpc) is 2.28. The van der Waals surface area contributed by atoms with E-state index in [2.05, 4.69) is 4.33 Å². The summed E-state index contributed by atoms with van der Waals surface area (Å²) < 4.78 is 28.0. The van der Waals surface area contributed by atoms with Crippen molar-refractivity contribution in [2.75, 3.05) is 0 Å². The number of aryl methyl sites for hydroxylation is 1. The Labute approximate surface area is 98.2 Å². The van der Waals surface area contributed by atoms with Gasteiger partial charge < -0.3 is 5.11 Å². The zero-order valence-corrected chi connectivity index (χ0v) is 9.50. The molecule has 17 heavy (non-hydrogen) atoms. The maximum absolute atomic E-state index is 10.2. The van der Waals surface area contributed by atoms with E-state index < -0.39 is 16.4 Å². The number of rotatable bonds is 4. The van der Waals surface area contributed by atoms with Crippen LogP contribution < -0.4 is 0 Å². The zero-order chi connectivity index (χ0) is 13.3. The molecule has 0 saturated carbocycles. The highest BCUT2D eigenvalue weighted by Gasteiger charge is 1.97. The second kappa shape index (κ2) is 7.74. The molecule has 0 unspecified atom stereocenters. The lowest BCUT2D eigenvalue weighted by molar-refractivity contribution is -0.139. The molecule has 0 aliphatic rings. The summed E-state index contributed by atoms with van der Waals surface area (Å²) in [5.74, 6) is -0.742. The van der Waals surface area contributed by atoms with Crippen LogP contribution in [0.5, 0.6) is 0 Å². The Morgan fingerprint density at radius 3 is 2.06 bits per heavy atom. The summed E-state index contributed by atoms with van der Waals surface area (Å²) in [6.45, 7) is 0. The smallest absolute Gasteiger partial charge is 0.423 e. The standard InChI is InChI=1S/C9H10O2.H2O5S/c10-9(11)7-6-8-4-2-1-3-5-8;1-5-6(2,3)4/h1-5H,6-7H2,(H,10,11);1H,(H,2,3,4). The lowest BCUT2D eigenvalue weighted by Crippen LogP contribution is -1.97. The van der Waals surface area contributed by atoms with Gasteiger partial charge in [0.25, 0.3) is 0 Å². The summed E-state index contributed by atoms with van der Waals surface area (Å²) in [7, 11) is -4.61. The van der Waals surface area contributed by atoms with E-state index in [1.165, 1.54) is 0 Å². The van der Waals surface area contributed by atoms with Gasteiger partial charge in [-0.1, -0.05) is 34.7 Å². The lowest BCUT2D eigenvalue weighted by atomic mass is 10.1. The first-order valence-corrected chi connectivity index (χ1v) is 5.78. The SMILES string of the molecule is O=C(O)CCc1ccccc1.O=S(=O)(O)OO. The van der Waals surface area contributed by atoms with Crippen molar-refractivity contribution in [3.8, 4) is 0 Å². The van der Waals surface area contributed by atoms with E-state index >= 15 is 0 Å². The molecule has 0 atom stereocenters. The molecular weight excluding hydrogens is 252 g/mol. The molecule has 0 aromatic heterocycles. The number of carboxylic acid groups (broad SMARTS) is 1. The van der Waals surface area contributed by atoms with Crippen molar-refractivity contribution in [2.24, 2.45) is 0 Å². The van der Waals surface area contributed by atoms with Gasteiger partial charge in [0.1, 0.15) is 0 Å². The highest BCUT2D eigenvalue weighted by molar-refractivity contribution is 7.80. The molecule has 1 rings (SSSR count). The number of carboxylic acids is 1. The number of benzene rings is 1. The summed E-state index contributed by atoms with van der Waals surface area (Å²) >= 11 is 0. The predicted molar refractivity (Wildman–Crippen MR) is 57.7 cm³/mol. The van der Waals surface area contributed by atoms with Crippen LogP contribution in [-0.2, 0) is 25.9 Å². The van der Waals surface area contributed by atoms with Crippen molar-refractivity contribution in [1.29, 1.82) is 0 Å². The van der Waals surface area contributed by atoms with Gasteiger partial charge in [-0.05, 0) is 12.0 Å². The molecule has 0 bridgehead atoms. The van der Waals surface area contributed by atoms with Crippen LogP contribution >= 0.6 is 0 Å². The highest BCUT2D eigenvalue weighted by atomic mass is 32.3. The fourth-order valence-corrected chi connectivity index (χ4v) is 0.896. The fourth-order valence-electron chi connectivity index (χ4n) is 0.896.